The number of nitrogens with zero attached hydrogens (tertiary/aromatic N) is 1. The van der Waals surface area contributed by atoms with E-state index in [4.69, 9.17) is 4.74 Å². The molecular weight excluding hydrogens is 250 g/mol. The summed E-state index contributed by atoms with van der Waals surface area (Å²) in [6, 6.07) is 0. The van der Waals surface area contributed by atoms with E-state index in [9.17, 15) is 4.79 Å². The van der Waals surface area contributed by atoms with Crippen LogP contribution in [-0.2, 0) is 9.53 Å². The van der Waals surface area contributed by atoms with Crippen LogP contribution in [0.4, 0.5) is 0 Å². The van der Waals surface area contributed by atoms with E-state index in [0.29, 0.717) is 6.61 Å². The van der Waals surface area contributed by atoms with Gasteiger partial charge in [0.2, 0.25) is 0 Å². The van der Waals surface area contributed by atoms with Gasteiger partial charge in [0, 0.05) is 6.08 Å². The zero-order valence-corrected chi connectivity index (χ0v) is 13.8. The maximum atomic E-state index is 10.9. The Kier molecular flexibility index (Phi) is 11.5. The minimum Gasteiger partial charge on any atom is -0.463 e. The van der Waals surface area contributed by atoms with Gasteiger partial charge in [-0.3, -0.25) is 0 Å². The molecule has 0 aliphatic rings. The smallest absolute Gasteiger partial charge is 0.330 e. The van der Waals surface area contributed by atoms with Gasteiger partial charge in [0.1, 0.15) is 0 Å². The lowest BCUT2D eigenvalue weighted by Crippen LogP contribution is -2.50. The van der Waals surface area contributed by atoms with Crippen molar-refractivity contribution in [1.29, 1.82) is 0 Å². The average Bonchev–Trinajstić information content (AvgIpc) is 2.43. The molecule has 3 heteroatoms. The van der Waals surface area contributed by atoms with Gasteiger partial charge in [-0.2, -0.15) is 0 Å². The molecule has 0 heterocycles. The predicted octanol–water partition coefficient (Wildman–Crippen LogP) is 3.93. The fourth-order valence-corrected chi connectivity index (χ4v) is 3.05. The van der Waals surface area contributed by atoms with Gasteiger partial charge >= 0.3 is 5.97 Å². The highest BCUT2D eigenvalue weighted by molar-refractivity contribution is 5.81. The standard InChI is InChI=1S/C17H34NO2/c1-5-12-18(13-6-2,14-7-3)15-10-9-11-16-20-17(19)8-4/h8H,4-7,9-16H2,1-3H3/q+1. The number of carbonyl (C=O) groups excluding carboxylic acids is 1. The fourth-order valence-electron chi connectivity index (χ4n) is 3.05. The monoisotopic (exact) mass is 284 g/mol. The number of rotatable bonds is 13. The lowest BCUT2D eigenvalue weighted by Gasteiger charge is -2.38. The van der Waals surface area contributed by atoms with Gasteiger partial charge in [0.15, 0.2) is 0 Å². The molecule has 0 saturated carbocycles. The molecule has 0 atom stereocenters. The van der Waals surface area contributed by atoms with E-state index >= 15 is 0 Å². The molecule has 0 bridgehead atoms. The first kappa shape index (κ1) is 19.2. The summed E-state index contributed by atoms with van der Waals surface area (Å²) in [7, 11) is 0. The highest BCUT2D eigenvalue weighted by atomic mass is 16.5. The van der Waals surface area contributed by atoms with E-state index in [-0.39, 0.29) is 5.97 Å². The van der Waals surface area contributed by atoms with Crippen LogP contribution in [0, 0.1) is 0 Å². The quantitative estimate of drug-likeness (QED) is 0.222. The summed E-state index contributed by atoms with van der Waals surface area (Å²) in [6.07, 6.45) is 8.34. The Hall–Kier alpha value is -0.830. The normalized spacial score (nSPS) is 11.3. The Morgan fingerprint density at radius 2 is 1.50 bits per heavy atom. The summed E-state index contributed by atoms with van der Waals surface area (Å²) in [4.78, 5) is 10.9. The Morgan fingerprint density at radius 3 is 1.95 bits per heavy atom. The Morgan fingerprint density at radius 1 is 0.950 bits per heavy atom. The summed E-state index contributed by atoms with van der Waals surface area (Å²) in [5.74, 6) is -0.307. The van der Waals surface area contributed by atoms with Crippen molar-refractivity contribution in [3.63, 3.8) is 0 Å². The molecule has 0 aliphatic heterocycles. The van der Waals surface area contributed by atoms with Crippen molar-refractivity contribution in [1.82, 2.24) is 0 Å². The number of esters is 1. The minimum atomic E-state index is -0.307. The first-order valence-corrected chi connectivity index (χ1v) is 8.28. The van der Waals surface area contributed by atoms with Crippen LogP contribution in [0.5, 0.6) is 0 Å². The van der Waals surface area contributed by atoms with Gasteiger partial charge in [-0.15, -0.1) is 0 Å². The first-order valence-electron chi connectivity index (χ1n) is 8.28. The van der Waals surface area contributed by atoms with Gasteiger partial charge in [0.25, 0.3) is 0 Å². The summed E-state index contributed by atoms with van der Waals surface area (Å²) in [6.45, 7) is 15.9. The SMILES string of the molecule is C=CC(=O)OCCCCC[N+](CCC)(CCC)CCC. The zero-order valence-electron chi connectivity index (χ0n) is 13.8. The van der Waals surface area contributed by atoms with Crippen LogP contribution in [0.25, 0.3) is 0 Å². The molecule has 0 aromatic rings. The van der Waals surface area contributed by atoms with Gasteiger partial charge in [-0.25, -0.2) is 4.79 Å². The maximum absolute atomic E-state index is 10.9. The fraction of sp³-hybridized carbons (Fsp3) is 0.824. The topological polar surface area (TPSA) is 26.3 Å². The van der Waals surface area contributed by atoms with Gasteiger partial charge in [0.05, 0.1) is 32.8 Å². The van der Waals surface area contributed by atoms with E-state index < -0.39 is 0 Å². The van der Waals surface area contributed by atoms with E-state index in [1.165, 1.54) is 62.4 Å². The molecule has 0 radical (unpaired) electrons. The summed E-state index contributed by atoms with van der Waals surface area (Å²) >= 11 is 0. The van der Waals surface area contributed by atoms with E-state index in [2.05, 4.69) is 27.4 Å². The molecule has 0 saturated heterocycles. The Balaban J connectivity index is 3.99. The second-order valence-corrected chi connectivity index (χ2v) is 5.67. The molecular formula is C17H34NO2+. The molecule has 0 aliphatic carbocycles. The molecule has 0 fully saturated rings. The van der Waals surface area contributed by atoms with Crippen LogP contribution < -0.4 is 0 Å². The Labute approximate surface area is 125 Å². The number of quaternary nitrogens is 1. The van der Waals surface area contributed by atoms with E-state index in [1.54, 1.807) is 0 Å². The molecule has 0 unspecified atom stereocenters. The number of hydrogen-bond acceptors (Lipinski definition) is 2. The van der Waals surface area contributed by atoms with Crippen molar-refractivity contribution in [3.05, 3.63) is 12.7 Å². The third-order valence-electron chi connectivity index (χ3n) is 3.78. The molecule has 3 nitrogen and oxygen atoms in total. The second kappa shape index (κ2) is 12.0. The molecule has 0 spiro atoms. The molecule has 118 valence electrons. The van der Waals surface area contributed by atoms with Crippen molar-refractivity contribution in [2.75, 3.05) is 32.8 Å². The maximum Gasteiger partial charge on any atom is 0.330 e. The van der Waals surface area contributed by atoms with Crippen molar-refractivity contribution >= 4 is 5.97 Å². The average molecular weight is 284 g/mol. The molecule has 0 aromatic carbocycles. The highest BCUT2D eigenvalue weighted by Crippen LogP contribution is 2.14. The summed E-state index contributed by atoms with van der Waals surface area (Å²) in [5.41, 5.74) is 0. The van der Waals surface area contributed by atoms with Crippen molar-refractivity contribution in [2.45, 2.75) is 59.3 Å². The van der Waals surface area contributed by atoms with E-state index in [0.717, 1.165) is 12.8 Å². The molecule has 0 N–H and O–H groups in total. The van der Waals surface area contributed by atoms with Crippen molar-refractivity contribution in [2.24, 2.45) is 0 Å². The van der Waals surface area contributed by atoms with Crippen LogP contribution in [0.15, 0.2) is 12.7 Å². The highest BCUT2D eigenvalue weighted by Gasteiger charge is 2.23. The molecule has 0 amide bonds. The molecule has 0 rings (SSSR count). The van der Waals surface area contributed by atoms with Crippen LogP contribution in [-0.4, -0.2) is 43.2 Å². The molecule has 0 aromatic heterocycles. The van der Waals surface area contributed by atoms with Crippen LogP contribution >= 0.6 is 0 Å². The number of carbonyl (C=O) groups is 1. The second-order valence-electron chi connectivity index (χ2n) is 5.67. The Bertz CT molecular complexity index is 247. The third kappa shape index (κ3) is 8.36. The minimum absolute atomic E-state index is 0.307. The largest absolute Gasteiger partial charge is 0.463 e. The molecule has 20 heavy (non-hydrogen) atoms. The first-order chi connectivity index (χ1) is 9.64. The van der Waals surface area contributed by atoms with Gasteiger partial charge in [-0.05, 0) is 38.5 Å². The van der Waals surface area contributed by atoms with Crippen molar-refractivity contribution < 1.29 is 14.0 Å². The van der Waals surface area contributed by atoms with Crippen LogP contribution in [0.1, 0.15) is 59.3 Å². The van der Waals surface area contributed by atoms with Crippen LogP contribution in [0.2, 0.25) is 0 Å². The van der Waals surface area contributed by atoms with Gasteiger partial charge in [-0.1, -0.05) is 27.4 Å². The third-order valence-corrected chi connectivity index (χ3v) is 3.78. The lowest BCUT2D eigenvalue weighted by molar-refractivity contribution is -0.928. The number of ether oxygens (including phenoxy) is 1. The number of hydrogen-bond donors (Lipinski definition) is 0. The summed E-state index contributed by atoms with van der Waals surface area (Å²) < 4.78 is 6.28. The van der Waals surface area contributed by atoms with E-state index in [1.807, 2.05) is 0 Å². The lowest BCUT2D eigenvalue weighted by atomic mass is 10.1. The number of unbranched alkanes of at least 4 members (excludes halogenated alkanes) is 2. The van der Waals surface area contributed by atoms with Crippen molar-refractivity contribution in [3.8, 4) is 0 Å². The summed E-state index contributed by atoms with van der Waals surface area (Å²) in [5, 5.41) is 0. The van der Waals surface area contributed by atoms with Crippen LogP contribution in [0.3, 0.4) is 0 Å². The zero-order chi connectivity index (χ0) is 15.3. The van der Waals surface area contributed by atoms with Gasteiger partial charge < -0.3 is 9.22 Å². The predicted molar refractivity (Wildman–Crippen MR) is 85.6 cm³/mol.